The molecule has 1 atom stereocenters. The van der Waals surface area contributed by atoms with Gasteiger partial charge in [-0.3, -0.25) is 9.36 Å². The maximum absolute atomic E-state index is 12.4. The molecule has 3 heterocycles. The first kappa shape index (κ1) is 19.2. The number of nitrogens with zero attached hydrogens (tertiary/aromatic N) is 4. The van der Waals surface area contributed by atoms with E-state index < -0.39 is 6.10 Å². The number of rotatable bonds is 5. The molecule has 1 fully saturated rings. The van der Waals surface area contributed by atoms with E-state index in [0.29, 0.717) is 12.5 Å². The number of hydrogen-bond donors (Lipinski definition) is 1. The number of aliphatic hydroxyl groups excluding tert-OH is 1. The van der Waals surface area contributed by atoms with E-state index in [-0.39, 0.29) is 11.0 Å². The van der Waals surface area contributed by atoms with E-state index in [1.165, 1.54) is 11.3 Å². The molecule has 1 unspecified atom stereocenters. The number of piperidine rings is 1. The standard InChI is InChI=1S/C19H28N4O2S/c1-19(2,3)17-8-18(25)23(12-20-17)9-14-4-6-22(7-5-14)10-16(24)15-11-26-13-21-15/h8,11-14,16,24H,4-7,9-10H2,1-3H3. The van der Waals surface area contributed by atoms with Crippen LogP contribution in [-0.2, 0) is 12.0 Å². The Labute approximate surface area is 158 Å². The molecule has 0 saturated carbocycles. The molecule has 0 aromatic carbocycles. The van der Waals surface area contributed by atoms with Crippen LogP contribution in [0.4, 0.5) is 0 Å². The monoisotopic (exact) mass is 376 g/mol. The normalized spacial score (nSPS) is 18.2. The number of thiazole rings is 1. The third-order valence-electron chi connectivity index (χ3n) is 5.03. The molecule has 1 aliphatic rings. The van der Waals surface area contributed by atoms with Crippen molar-refractivity contribution in [2.75, 3.05) is 19.6 Å². The molecule has 1 aliphatic heterocycles. The first-order valence-electron chi connectivity index (χ1n) is 9.18. The second-order valence-electron chi connectivity index (χ2n) is 8.19. The molecule has 0 amide bonds. The zero-order chi connectivity index (χ0) is 18.7. The molecular formula is C19H28N4O2S. The Morgan fingerprint density at radius 3 is 2.62 bits per heavy atom. The fourth-order valence-electron chi connectivity index (χ4n) is 3.33. The Kier molecular flexibility index (Phi) is 5.89. The first-order chi connectivity index (χ1) is 12.3. The Morgan fingerprint density at radius 2 is 2.04 bits per heavy atom. The van der Waals surface area contributed by atoms with E-state index in [1.54, 1.807) is 22.5 Å². The van der Waals surface area contributed by atoms with E-state index in [1.807, 2.05) is 5.38 Å². The molecule has 142 valence electrons. The fraction of sp³-hybridized carbons (Fsp3) is 0.632. The van der Waals surface area contributed by atoms with Gasteiger partial charge in [-0.2, -0.15) is 0 Å². The summed E-state index contributed by atoms with van der Waals surface area (Å²) in [6.07, 6.45) is 3.23. The largest absolute Gasteiger partial charge is 0.385 e. The van der Waals surface area contributed by atoms with Gasteiger partial charge in [-0.05, 0) is 31.8 Å². The average molecular weight is 377 g/mol. The highest BCUT2D eigenvalue weighted by Crippen LogP contribution is 2.22. The van der Waals surface area contributed by atoms with Gasteiger partial charge in [0.2, 0.25) is 0 Å². The van der Waals surface area contributed by atoms with Crippen molar-refractivity contribution in [2.24, 2.45) is 5.92 Å². The zero-order valence-corrected chi connectivity index (χ0v) is 16.6. The second-order valence-corrected chi connectivity index (χ2v) is 8.91. The van der Waals surface area contributed by atoms with Crippen LogP contribution in [0, 0.1) is 5.92 Å². The van der Waals surface area contributed by atoms with Crippen molar-refractivity contribution in [1.29, 1.82) is 0 Å². The van der Waals surface area contributed by atoms with E-state index in [9.17, 15) is 9.90 Å². The fourth-order valence-corrected chi connectivity index (χ4v) is 3.93. The Balaban J connectivity index is 1.52. The summed E-state index contributed by atoms with van der Waals surface area (Å²) in [5.41, 5.74) is 3.27. The van der Waals surface area contributed by atoms with Crippen LogP contribution in [0.25, 0.3) is 0 Å². The third kappa shape index (κ3) is 4.78. The molecule has 7 heteroatoms. The molecule has 3 rings (SSSR count). The highest BCUT2D eigenvalue weighted by molar-refractivity contribution is 7.07. The van der Waals surface area contributed by atoms with Gasteiger partial charge in [-0.15, -0.1) is 11.3 Å². The summed E-state index contributed by atoms with van der Waals surface area (Å²) in [5.74, 6) is 0.475. The number of likely N-dealkylation sites (tertiary alicyclic amines) is 1. The molecule has 1 N–H and O–H groups in total. The molecule has 0 spiro atoms. The summed E-state index contributed by atoms with van der Waals surface area (Å²) in [6.45, 7) is 9.41. The van der Waals surface area contributed by atoms with Crippen molar-refractivity contribution in [1.82, 2.24) is 19.4 Å². The predicted molar refractivity (Wildman–Crippen MR) is 103 cm³/mol. The summed E-state index contributed by atoms with van der Waals surface area (Å²) in [6, 6.07) is 1.67. The van der Waals surface area contributed by atoms with Crippen molar-refractivity contribution in [3.05, 3.63) is 45.0 Å². The van der Waals surface area contributed by atoms with Crippen LogP contribution in [0.5, 0.6) is 0 Å². The van der Waals surface area contributed by atoms with Crippen LogP contribution < -0.4 is 5.56 Å². The minimum atomic E-state index is -0.519. The average Bonchev–Trinajstić information content (AvgIpc) is 3.12. The molecule has 6 nitrogen and oxygen atoms in total. The van der Waals surface area contributed by atoms with Gasteiger partial charge in [0.15, 0.2) is 0 Å². The zero-order valence-electron chi connectivity index (χ0n) is 15.8. The number of aliphatic hydroxyl groups is 1. The Bertz CT molecular complexity index is 759. The van der Waals surface area contributed by atoms with Crippen LogP contribution in [0.3, 0.4) is 0 Å². The highest BCUT2D eigenvalue weighted by Gasteiger charge is 2.23. The van der Waals surface area contributed by atoms with Gasteiger partial charge in [0, 0.05) is 30.0 Å². The third-order valence-corrected chi connectivity index (χ3v) is 5.64. The lowest BCUT2D eigenvalue weighted by Crippen LogP contribution is -2.38. The van der Waals surface area contributed by atoms with Crippen molar-refractivity contribution >= 4 is 11.3 Å². The summed E-state index contributed by atoms with van der Waals surface area (Å²) in [7, 11) is 0. The molecule has 0 radical (unpaired) electrons. The number of hydrogen-bond acceptors (Lipinski definition) is 6. The maximum Gasteiger partial charge on any atom is 0.253 e. The van der Waals surface area contributed by atoms with Crippen LogP contribution in [-0.4, -0.2) is 44.2 Å². The first-order valence-corrected chi connectivity index (χ1v) is 10.1. The Hall–Kier alpha value is -1.57. The van der Waals surface area contributed by atoms with Crippen molar-refractivity contribution in [3.8, 4) is 0 Å². The smallest absolute Gasteiger partial charge is 0.253 e. The van der Waals surface area contributed by atoms with Crippen LogP contribution in [0.2, 0.25) is 0 Å². The number of β-amino-alcohol motifs (C(OH)–C–C–N with tert-alkyl or cyclic N) is 1. The van der Waals surface area contributed by atoms with E-state index >= 15 is 0 Å². The molecule has 2 aromatic heterocycles. The van der Waals surface area contributed by atoms with Gasteiger partial charge in [0.05, 0.1) is 23.2 Å². The summed E-state index contributed by atoms with van der Waals surface area (Å²) in [5, 5.41) is 12.1. The summed E-state index contributed by atoms with van der Waals surface area (Å²) in [4.78, 5) is 23.3. The second kappa shape index (κ2) is 7.98. The summed E-state index contributed by atoms with van der Waals surface area (Å²) < 4.78 is 1.74. The van der Waals surface area contributed by atoms with Gasteiger partial charge in [0.25, 0.3) is 5.56 Å². The van der Waals surface area contributed by atoms with Crippen LogP contribution >= 0.6 is 11.3 Å². The molecular weight excluding hydrogens is 348 g/mol. The van der Waals surface area contributed by atoms with Crippen LogP contribution in [0.1, 0.15) is 51.1 Å². The van der Waals surface area contributed by atoms with E-state index in [4.69, 9.17) is 0 Å². The van der Waals surface area contributed by atoms with Gasteiger partial charge in [-0.25, -0.2) is 9.97 Å². The van der Waals surface area contributed by atoms with Gasteiger partial charge >= 0.3 is 0 Å². The quantitative estimate of drug-likeness (QED) is 0.868. The predicted octanol–water partition coefficient (Wildman–Crippen LogP) is 2.44. The van der Waals surface area contributed by atoms with Crippen LogP contribution in [0.15, 0.2) is 28.1 Å². The lowest BCUT2D eigenvalue weighted by Gasteiger charge is -2.33. The molecule has 0 aliphatic carbocycles. The minimum absolute atomic E-state index is 0.0336. The Morgan fingerprint density at radius 1 is 1.31 bits per heavy atom. The van der Waals surface area contributed by atoms with Gasteiger partial charge in [-0.1, -0.05) is 20.8 Å². The van der Waals surface area contributed by atoms with Gasteiger partial charge < -0.3 is 10.0 Å². The van der Waals surface area contributed by atoms with E-state index in [0.717, 1.165) is 43.9 Å². The minimum Gasteiger partial charge on any atom is -0.385 e. The lowest BCUT2D eigenvalue weighted by molar-refractivity contribution is 0.0843. The highest BCUT2D eigenvalue weighted by atomic mass is 32.1. The molecule has 26 heavy (non-hydrogen) atoms. The summed E-state index contributed by atoms with van der Waals surface area (Å²) >= 11 is 1.51. The molecule has 0 bridgehead atoms. The SMILES string of the molecule is CC(C)(C)c1cc(=O)n(CC2CCN(CC(O)c3cscn3)CC2)cn1. The molecule has 1 saturated heterocycles. The van der Waals surface area contributed by atoms with Gasteiger partial charge in [0.1, 0.15) is 6.10 Å². The maximum atomic E-state index is 12.4. The molecule has 2 aromatic rings. The van der Waals surface area contributed by atoms with Crippen molar-refractivity contribution in [2.45, 2.75) is 51.7 Å². The van der Waals surface area contributed by atoms with Crippen molar-refractivity contribution < 1.29 is 5.11 Å². The lowest BCUT2D eigenvalue weighted by atomic mass is 9.92. The topological polar surface area (TPSA) is 71.2 Å². The van der Waals surface area contributed by atoms with E-state index in [2.05, 4.69) is 35.6 Å². The number of aromatic nitrogens is 3. The van der Waals surface area contributed by atoms with Crippen molar-refractivity contribution in [3.63, 3.8) is 0 Å².